The lowest BCUT2D eigenvalue weighted by Crippen LogP contribution is -2.22. The molecular weight excluding hydrogens is 313 g/mol. The van der Waals surface area contributed by atoms with Gasteiger partial charge in [0.2, 0.25) is 5.76 Å². The molecule has 0 atom stereocenters. The molecule has 2 rings (SSSR count). The third-order valence-electron chi connectivity index (χ3n) is 2.86. The molecule has 1 N–H and O–H groups in total. The van der Waals surface area contributed by atoms with Gasteiger partial charge in [-0.3, -0.25) is 4.79 Å². The topological polar surface area (TPSA) is 64.4 Å². The number of alkyl halides is 3. The summed E-state index contributed by atoms with van der Waals surface area (Å²) in [5.74, 6) is -0.261. The molecule has 0 aliphatic carbocycles. The van der Waals surface area contributed by atoms with Gasteiger partial charge in [-0.1, -0.05) is 29.4 Å². The molecule has 0 aliphatic heterocycles. The molecule has 8 heteroatoms. The van der Waals surface area contributed by atoms with Crippen molar-refractivity contribution in [2.75, 3.05) is 6.61 Å². The number of hydrogen-bond donors (Lipinski definition) is 1. The van der Waals surface area contributed by atoms with Gasteiger partial charge in [0.25, 0.3) is 5.91 Å². The highest BCUT2D eigenvalue weighted by molar-refractivity contribution is 5.91. The second kappa shape index (κ2) is 7.28. The summed E-state index contributed by atoms with van der Waals surface area (Å²) in [5.41, 5.74) is 2.03. The zero-order valence-electron chi connectivity index (χ0n) is 12.3. The zero-order valence-corrected chi connectivity index (χ0v) is 12.3. The van der Waals surface area contributed by atoms with E-state index < -0.39 is 12.8 Å². The second-order valence-corrected chi connectivity index (χ2v) is 4.94. The van der Waals surface area contributed by atoms with Crippen LogP contribution in [0.25, 0.3) is 0 Å². The molecule has 5 nitrogen and oxygen atoms in total. The molecule has 0 bridgehead atoms. The van der Waals surface area contributed by atoms with Crippen LogP contribution in [0, 0.1) is 6.92 Å². The van der Waals surface area contributed by atoms with Gasteiger partial charge in [0.15, 0.2) is 0 Å². The van der Waals surface area contributed by atoms with E-state index in [9.17, 15) is 18.0 Å². The fourth-order valence-electron chi connectivity index (χ4n) is 1.78. The van der Waals surface area contributed by atoms with E-state index in [4.69, 9.17) is 4.52 Å². The predicted molar refractivity (Wildman–Crippen MR) is 74.6 cm³/mol. The first-order valence-corrected chi connectivity index (χ1v) is 6.77. The second-order valence-electron chi connectivity index (χ2n) is 4.94. The summed E-state index contributed by atoms with van der Waals surface area (Å²) in [4.78, 5) is 11.8. The Balaban J connectivity index is 1.79. The summed E-state index contributed by atoms with van der Waals surface area (Å²) in [7, 11) is 0. The van der Waals surface area contributed by atoms with E-state index in [0.29, 0.717) is 11.3 Å². The third-order valence-corrected chi connectivity index (χ3v) is 2.86. The average molecular weight is 328 g/mol. The van der Waals surface area contributed by atoms with Gasteiger partial charge >= 0.3 is 6.18 Å². The molecule has 1 heterocycles. The maximum absolute atomic E-state index is 12.0. The Hall–Kier alpha value is -2.35. The quantitative estimate of drug-likeness (QED) is 0.885. The summed E-state index contributed by atoms with van der Waals surface area (Å²) < 4.78 is 45.3. The van der Waals surface area contributed by atoms with Crippen LogP contribution in [0.4, 0.5) is 13.2 Å². The summed E-state index contributed by atoms with van der Waals surface area (Å²) in [6.45, 7) is 0.576. The summed E-state index contributed by atoms with van der Waals surface area (Å²) >= 11 is 0. The number of benzene rings is 1. The average Bonchev–Trinajstić information content (AvgIpc) is 2.91. The van der Waals surface area contributed by atoms with Crippen molar-refractivity contribution < 1.29 is 27.2 Å². The minimum absolute atomic E-state index is 0.122. The van der Waals surface area contributed by atoms with E-state index >= 15 is 0 Å². The Morgan fingerprint density at radius 3 is 2.48 bits per heavy atom. The highest BCUT2D eigenvalue weighted by atomic mass is 19.4. The number of aryl methyl sites for hydroxylation is 1. The molecule has 0 saturated carbocycles. The fourth-order valence-corrected chi connectivity index (χ4v) is 1.78. The summed E-state index contributed by atoms with van der Waals surface area (Å²) in [6, 6.07) is 8.24. The molecule has 0 aliphatic rings. The molecule has 124 valence electrons. The van der Waals surface area contributed by atoms with Crippen LogP contribution < -0.4 is 5.32 Å². The lowest BCUT2D eigenvalue weighted by atomic mass is 10.1. The standard InChI is InChI=1S/C15H15F3N2O3/c1-10-6-13(23-20-10)14(21)19-7-11-2-4-12(5-3-11)8-22-9-15(16,17)18/h2-6H,7-9H2,1H3,(H,19,21). The van der Waals surface area contributed by atoms with Crippen LogP contribution in [0.5, 0.6) is 0 Å². The number of carbonyl (C=O) groups excluding carboxylic acids is 1. The van der Waals surface area contributed by atoms with Crippen molar-refractivity contribution in [2.45, 2.75) is 26.3 Å². The molecular formula is C15H15F3N2O3. The molecule has 2 aromatic rings. The highest BCUT2D eigenvalue weighted by Crippen LogP contribution is 2.15. The minimum Gasteiger partial charge on any atom is -0.367 e. The van der Waals surface area contributed by atoms with Gasteiger partial charge in [-0.05, 0) is 18.1 Å². The summed E-state index contributed by atoms with van der Waals surface area (Å²) in [6.07, 6.45) is -4.33. The molecule has 23 heavy (non-hydrogen) atoms. The summed E-state index contributed by atoms with van der Waals surface area (Å²) in [5, 5.41) is 6.28. The maximum atomic E-state index is 12.0. The number of ether oxygens (including phenoxy) is 1. The lowest BCUT2D eigenvalue weighted by Gasteiger charge is -2.08. The van der Waals surface area contributed by atoms with Gasteiger partial charge in [-0.25, -0.2) is 0 Å². The van der Waals surface area contributed by atoms with Gasteiger partial charge in [-0.15, -0.1) is 0 Å². The molecule has 0 spiro atoms. The van der Waals surface area contributed by atoms with E-state index in [2.05, 4.69) is 15.2 Å². The zero-order chi connectivity index (χ0) is 16.9. The number of halogens is 3. The van der Waals surface area contributed by atoms with E-state index in [-0.39, 0.29) is 24.8 Å². The van der Waals surface area contributed by atoms with E-state index in [1.54, 1.807) is 31.2 Å². The van der Waals surface area contributed by atoms with Gasteiger partial charge in [0.1, 0.15) is 6.61 Å². The molecule has 0 saturated heterocycles. The van der Waals surface area contributed by atoms with Crippen molar-refractivity contribution in [1.29, 1.82) is 0 Å². The van der Waals surface area contributed by atoms with Gasteiger partial charge in [0, 0.05) is 12.6 Å². The van der Waals surface area contributed by atoms with Crippen molar-refractivity contribution >= 4 is 5.91 Å². The van der Waals surface area contributed by atoms with E-state index in [1.165, 1.54) is 6.07 Å². The smallest absolute Gasteiger partial charge is 0.367 e. The van der Waals surface area contributed by atoms with Crippen LogP contribution in [0.15, 0.2) is 34.9 Å². The Bertz CT molecular complexity index is 651. The number of amides is 1. The monoisotopic (exact) mass is 328 g/mol. The highest BCUT2D eigenvalue weighted by Gasteiger charge is 2.27. The first-order chi connectivity index (χ1) is 10.8. The van der Waals surface area contributed by atoms with Crippen LogP contribution in [-0.2, 0) is 17.9 Å². The largest absolute Gasteiger partial charge is 0.411 e. The first kappa shape index (κ1) is 17.0. The van der Waals surface area contributed by atoms with Crippen molar-refractivity contribution in [1.82, 2.24) is 10.5 Å². The van der Waals surface area contributed by atoms with Crippen LogP contribution in [0.2, 0.25) is 0 Å². The van der Waals surface area contributed by atoms with Gasteiger partial charge in [0.05, 0.1) is 12.3 Å². The van der Waals surface area contributed by atoms with E-state index in [1.807, 2.05) is 0 Å². The van der Waals surface area contributed by atoms with Crippen LogP contribution >= 0.6 is 0 Å². The number of hydrogen-bond acceptors (Lipinski definition) is 4. The SMILES string of the molecule is Cc1cc(C(=O)NCc2ccc(COCC(F)(F)F)cc2)on1. The van der Waals surface area contributed by atoms with Crippen molar-refractivity contribution in [3.63, 3.8) is 0 Å². The first-order valence-electron chi connectivity index (χ1n) is 6.77. The lowest BCUT2D eigenvalue weighted by molar-refractivity contribution is -0.176. The molecule has 0 unspecified atom stereocenters. The molecule has 0 fully saturated rings. The van der Waals surface area contributed by atoms with Crippen molar-refractivity contribution in [3.8, 4) is 0 Å². The fraction of sp³-hybridized carbons (Fsp3) is 0.333. The number of rotatable bonds is 6. The molecule has 1 aromatic carbocycles. The molecule has 1 aromatic heterocycles. The van der Waals surface area contributed by atoms with Crippen molar-refractivity contribution in [3.05, 3.63) is 52.9 Å². The Morgan fingerprint density at radius 2 is 1.91 bits per heavy atom. The molecule has 1 amide bonds. The predicted octanol–water partition coefficient (Wildman–Crippen LogP) is 2.99. The Morgan fingerprint density at radius 1 is 1.26 bits per heavy atom. The maximum Gasteiger partial charge on any atom is 0.411 e. The molecule has 0 radical (unpaired) electrons. The van der Waals surface area contributed by atoms with Crippen LogP contribution in [0.3, 0.4) is 0 Å². The normalized spacial score (nSPS) is 11.5. The van der Waals surface area contributed by atoms with Crippen LogP contribution in [-0.4, -0.2) is 23.8 Å². The van der Waals surface area contributed by atoms with Crippen LogP contribution in [0.1, 0.15) is 27.4 Å². The van der Waals surface area contributed by atoms with Gasteiger partial charge < -0.3 is 14.6 Å². The van der Waals surface area contributed by atoms with Crippen molar-refractivity contribution in [2.24, 2.45) is 0 Å². The number of carbonyl (C=O) groups is 1. The number of nitrogens with one attached hydrogen (secondary N) is 1. The Labute approximate surface area is 130 Å². The van der Waals surface area contributed by atoms with Gasteiger partial charge in [-0.2, -0.15) is 13.2 Å². The Kier molecular flexibility index (Phi) is 5.38. The number of aromatic nitrogens is 1. The van der Waals surface area contributed by atoms with E-state index in [0.717, 1.165) is 5.56 Å². The minimum atomic E-state index is -4.33. The number of nitrogens with zero attached hydrogens (tertiary/aromatic N) is 1. The third kappa shape index (κ3) is 5.74.